The van der Waals surface area contributed by atoms with Gasteiger partial charge < -0.3 is 48.2 Å². The molecule has 0 aliphatic heterocycles. The normalized spacial score (nSPS) is 13.8. The summed E-state index contributed by atoms with van der Waals surface area (Å²) in [6, 6.07) is 1.90. The third-order valence-electron chi connectivity index (χ3n) is 6.40. The van der Waals surface area contributed by atoms with Crippen molar-refractivity contribution in [3.63, 3.8) is 0 Å². The summed E-state index contributed by atoms with van der Waals surface area (Å²) in [4.78, 5) is 83.5. The Labute approximate surface area is 239 Å². The Morgan fingerprint density at radius 2 is 1.50 bits per heavy atom. The Morgan fingerprint density at radius 1 is 0.857 bits per heavy atom. The lowest BCUT2D eigenvalue weighted by molar-refractivity contribution is -0.142. The van der Waals surface area contributed by atoms with E-state index in [4.69, 9.17) is 17.2 Å². The lowest BCUT2D eigenvalue weighted by Crippen LogP contribution is -2.58. The Kier molecular flexibility index (Phi) is 10.7. The van der Waals surface area contributed by atoms with E-state index in [2.05, 4.69) is 30.9 Å². The quantitative estimate of drug-likeness (QED) is 0.0874. The fraction of sp³-hybridized carbons (Fsp3) is 0.346. The van der Waals surface area contributed by atoms with Crippen LogP contribution in [0.25, 0.3) is 10.9 Å². The van der Waals surface area contributed by atoms with Gasteiger partial charge in [-0.2, -0.15) is 0 Å². The molecule has 0 radical (unpaired) electrons. The van der Waals surface area contributed by atoms with Crippen LogP contribution in [0, 0.1) is 0 Å². The molecular weight excluding hydrogens is 550 g/mol. The number of H-pyrrole nitrogens is 2. The maximum absolute atomic E-state index is 13.6. The molecule has 42 heavy (non-hydrogen) atoms. The second kappa shape index (κ2) is 14.4. The number of nitrogens with two attached hydrogens (primary N) is 3. The van der Waals surface area contributed by atoms with E-state index in [1.165, 1.54) is 12.5 Å². The first-order chi connectivity index (χ1) is 19.9. The fourth-order valence-electron chi connectivity index (χ4n) is 4.23. The number of rotatable bonds is 16. The van der Waals surface area contributed by atoms with Crippen molar-refractivity contribution in [2.24, 2.45) is 17.2 Å². The highest BCUT2D eigenvalue weighted by atomic mass is 16.4. The van der Waals surface area contributed by atoms with Crippen LogP contribution in [0.1, 0.15) is 30.5 Å². The van der Waals surface area contributed by atoms with Gasteiger partial charge in [0, 0.05) is 48.3 Å². The number of fused-ring (bicyclic) bond motifs is 1. The topological polar surface area (TPSA) is 281 Å². The average Bonchev–Trinajstić information content (AvgIpc) is 3.59. The molecule has 224 valence electrons. The molecule has 0 fully saturated rings. The summed E-state index contributed by atoms with van der Waals surface area (Å²) in [7, 11) is 0. The molecule has 4 atom stereocenters. The van der Waals surface area contributed by atoms with Gasteiger partial charge in [-0.25, -0.2) is 9.78 Å². The molecule has 0 saturated carbocycles. The van der Waals surface area contributed by atoms with Gasteiger partial charge in [-0.05, 0) is 18.1 Å². The molecule has 0 aliphatic carbocycles. The van der Waals surface area contributed by atoms with Crippen molar-refractivity contribution in [2.45, 2.75) is 56.3 Å². The number of aromatic amines is 2. The molecular formula is C26H33N9O7. The van der Waals surface area contributed by atoms with Crippen LogP contribution in [-0.2, 0) is 41.6 Å². The first-order valence-corrected chi connectivity index (χ1v) is 12.9. The van der Waals surface area contributed by atoms with Crippen molar-refractivity contribution in [1.29, 1.82) is 0 Å². The molecule has 5 amide bonds. The molecule has 2 aromatic heterocycles. The third-order valence-corrected chi connectivity index (χ3v) is 6.40. The van der Waals surface area contributed by atoms with Gasteiger partial charge in [-0.1, -0.05) is 18.2 Å². The zero-order valence-corrected chi connectivity index (χ0v) is 22.5. The Hall–Kier alpha value is -5.25. The smallest absolute Gasteiger partial charge is 0.326 e. The number of carboxylic acids is 1. The van der Waals surface area contributed by atoms with Gasteiger partial charge in [0.1, 0.15) is 18.1 Å². The van der Waals surface area contributed by atoms with Gasteiger partial charge in [-0.15, -0.1) is 0 Å². The lowest BCUT2D eigenvalue weighted by Gasteiger charge is -2.25. The number of primary amides is 2. The number of hydrogen-bond donors (Lipinski definition) is 9. The second-order valence-electron chi connectivity index (χ2n) is 9.65. The zero-order valence-electron chi connectivity index (χ0n) is 22.5. The average molecular weight is 584 g/mol. The van der Waals surface area contributed by atoms with Crippen LogP contribution in [0.15, 0.2) is 43.0 Å². The van der Waals surface area contributed by atoms with E-state index in [0.717, 1.165) is 10.9 Å². The highest BCUT2D eigenvalue weighted by Crippen LogP contribution is 2.19. The predicted molar refractivity (Wildman–Crippen MR) is 148 cm³/mol. The molecule has 0 aliphatic rings. The van der Waals surface area contributed by atoms with Gasteiger partial charge in [-0.3, -0.25) is 24.0 Å². The van der Waals surface area contributed by atoms with E-state index < -0.39 is 66.1 Å². The monoisotopic (exact) mass is 583 g/mol. The molecule has 4 unspecified atom stereocenters. The van der Waals surface area contributed by atoms with Crippen molar-refractivity contribution in [3.8, 4) is 0 Å². The van der Waals surface area contributed by atoms with E-state index in [9.17, 15) is 33.9 Å². The first kappa shape index (κ1) is 31.3. The minimum Gasteiger partial charge on any atom is -0.480 e. The summed E-state index contributed by atoms with van der Waals surface area (Å²) in [5.74, 6) is -5.43. The number of aromatic nitrogens is 3. The first-order valence-electron chi connectivity index (χ1n) is 12.9. The molecule has 1 aromatic carbocycles. The molecule has 0 bridgehead atoms. The van der Waals surface area contributed by atoms with Crippen LogP contribution in [0.2, 0.25) is 0 Å². The van der Waals surface area contributed by atoms with Gasteiger partial charge in [0.05, 0.1) is 18.8 Å². The number of carbonyl (C=O) groups is 6. The SMILES string of the molecule is NC(=O)CCC(NC(=O)C(Cc1cnc[nH]1)NC(=O)C(Cc1c[nH]c2ccccc12)NC(=O)C(N)CC(N)=O)C(=O)O. The van der Waals surface area contributed by atoms with Gasteiger partial charge in [0.15, 0.2) is 0 Å². The minimum atomic E-state index is -1.46. The Bertz CT molecular complexity index is 1440. The third kappa shape index (κ3) is 8.88. The fourth-order valence-corrected chi connectivity index (χ4v) is 4.23. The molecule has 12 N–H and O–H groups in total. The molecule has 16 nitrogen and oxygen atoms in total. The number of benzene rings is 1. The maximum atomic E-state index is 13.6. The van der Waals surface area contributed by atoms with E-state index in [0.29, 0.717) is 11.3 Å². The molecule has 16 heteroatoms. The van der Waals surface area contributed by atoms with Crippen molar-refractivity contribution >= 4 is 46.4 Å². The van der Waals surface area contributed by atoms with Crippen molar-refractivity contribution in [1.82, 2.24) is 30.9 Å². The van der Waals surface area contributed by atoms with Gasteiger partial charge in [0.2, 0.25) is 29.5 Å². The lowest BCUT2D eigenvalue weighted by atomic mass is 10.0. The Balaban J connectivity index is 1.86. The highest BCUT2D eigenvalue weighted by Gasteiger charge is 2.31. The van der Waals surface area contributed by atoms with E-state index in [1.54, 1.807) is 12.3 Å². The summed E-state index contributed by atoms with van der Waals surface area (Å²) in [6.45, 7) is 0. The standard InChI is InChI=1S/C26H33N9O7/c27-16(9-22(29)37)23(38)34-19(7-13-10-31-17-4-2-1-3-15(13)17)24(39)35-20(8-14-11-30-12-32-14)25(40)33-18(26(41)42)5-6-21(28)36/h1-4,10-12,16,18-20,31H,5-9,27H2,(H2,28,36)(H2,29,37)(H,30,32)(H,33,40)(H,34,38)(H,35,39)(H,41,42). The van der Waals surface area contributed by atoms with Crippen LogP contribution >= 0.6 is 0 Å². The molecule has 3 aromatic rings. The van der Waals surface area contributed by atoms with Gasteiger partial charge in [0.25, 0.3) is 0 Å². The summed E-state index contributed by atoms with van der Waals surface area (Å²) in [6.07, 6.45) is 3.29. The number of carboxylic acid groups (broad SMARTS) is 1. The van der Waals surface area contributed by atoms with Crippen molar-refractivity contribution < 1.29 is 33.9 Å². The minimum absolute atomic E-state index is 0.0281. The predicted octanol–water partition coefficient (Wildman–Crippen LogP) is -2.32. The molecule has 3 rings (SSSR count). The summed E-state index contributed by atoms with van der Waals surface area (Å²) in [5, 5.41) is 17.7. The van der Waals surface area contributed by atoms with Crippen LogP contribution in [-0.4, -0.2) is 79.7 Å². The van der Waals surface area contributed by atoms with Crippen molar-refractivity contribution in [2.75, 3.05) is 0 Å². The molecule has 0 spiro atoms. The largest absolute Gasteiger partial charge is 0.480 e. The maximum Gasteiger partial charge on any atom is 0.326 e. The van der Waals surface area contributed by atoms with Crippen LogP contribution in [0.3, 0.4) is 0 Å². The van der Waals surface area contributed by atoms with Crippen LogP contribution in [0.4, 0.5) is 0 Å². The van der Waals surface area contributed by atoms with Crippen LogP contribution in [0.5, 0.6) is 0 Å². The number of nitrogens with zero attached hydrogens (tertiary/aromatic N) is 1. The number of aliphatic carboxylic acids is 1. The number of para-hydroxylation sites is 1. The van der Waals surface area contributed by atoms with E-state index in [1.807, 2.05) is 18.2 Å². The highest BCUT2D eigenvalue weighted by molar-refractivity contribution is 5.96. The second-order valence-corrected chi connectivity index (χ2v) is 9.65. The summed E-state index contributed by atoms with van der Waals surface area (Å²) < 4.78 is 0. The Morgan fingerprint density at radius 3 is 2.12 bits per heavy atom. The zero-order chi connectivity index (χ0) is 30.8. The number of imidazole rings is 1. The van der Waals surface area contributed by atoms with E-state index >= 15 is 0 Å². The van der Waals surface area contributed by atoms with Crippen LogP contribution < -0.4 is 33.2 Å². The number of amides is 5. The molecule has 2 heterocycles. The van der Waals surface area contributed by atoms with E-state index in [-0.39, 0.29) is 25.7 Å². The summed E-state index contributed by atoms with van der Waals surface area (Å²) in [5.41, 5.74) is 18.0. The summed E-state index contributed by atoms with van der Waals surface area (Å²) >= 11 is 0. The number of nitrogens with one attached hydrogen (secondary N) is 5. The van der Waals surface area contributed by atoms with Crippen molar-refractivity contribution in [3.05, 3.63) is 54.2 Å². The van der Waals surface area contributed by atoms with Gasteiger partial charge >= 0.3 is 5.97 Å². The number of hydrogen-bond acceptors (Lipinski definition) is 8. The molecule has 0 saturated heterocycles. The number of carbonyl (C=O) groups excluding carboxylic acids is 5.